The van der Waals surface area contributed by atoms with E-state index in [1.165, 1.54) is 5.56 Å². The Bertz CT molecular complexity index is 667. The maximum atomic E-state index is 11.4. The molecule has 5 heteroatoms. The van der Waals surface area contributed by atoms with Crippen molar-refractivity contribution in [3.05, 3.63) is 35.5 Å². The fourth-order valence-electron chi connectivity index (χ4n) is 2.54. The number of carboxylic acid groups (broad SMARTS) is 1. The number of nitrogens with zero attached hydrogens (tertiary/aromatic N) is 3. The van der Waals surface area contributed by atoms with E-state index >= 15 is 0 Å². The van der Waals surface area contributed by atoms with Crippen molar-refractivity contribution in [2.75, 3.05) is 0 Å². The van der Waals surface area contributed by atoms with E-state index in [1.807, 2.05) is 24.3 Å². The summed E-state index contributed by atoms with van der Waals surface area (Å²) in [6.45, 7) is 9.28. The van der Waals surface area contributed by atoms with Gasteiger partial charge >= 0.3 is 5.97 Å². The van der Waals surface area contributed by atoms with Gasteiger partial charge in [-0.1, -0.05) is 70.0 Å². The van der Waals surface area contributed by atoms with Crippen LogP contribution < -0.4 is 0 Å². The SMILES string of the molecule is CCCCCn1nnc(C(=O)O)c1-c1ccc(C(C)(C)C)cc1. The topological polar surface area (TPSA) is 68.0 Å². The molecule has 124 valence electrons. The Hall–Kier alpha value is -2.17. The van der Waals surface area contributed by atoms with Crippen LogP contribution in [0.4, 0.5) is 0 Å². The molecule has 0 atom stereocenters. The van der Waals surface area contributed by atoms with Crippen LogP contribution in [0, 0.1) is 0 Å². The number of aromatic carboxylic acids is 1. The van der Waals surface area contributed by atoms with E-state index in [0.717, 1.165) is 24.8 Å². The molecule has 0 aliphatic heterocycles. The van der Waals surface area contributed by atoms with Gasteiger partial charge in [-0.3, -0.25) is 0 Å². The standard InChI is InChI=1S/C18H25N3O2/c1-5-6-7-12-21-16(15(17(22)23)19-20-21)13-8-10-14(11-9-13)18(2,3)4/h8-11H,5-7,12H2,1-4H3,(H,22,23). The lowest BCUT2D eigenvalue weighted by Gasteiger charge is -2.19. The number of aromatic nitrogens is 3. The van der Waals surface area contributed by atoms with Gasteiger partial charge in [-0.2, -0.15) is 0 Å². The second-order valence-corrected chi connectivity index (χ2v) is 6.85. The van der Waals surface area contributed by atoms with Crippen LogP contribution in [0.2, 0.25) is 0 Å². The van der Waals surface area contributed by atoms with Crippen molar-refractivity contribution >= 4 is 5.97 Å². The van der Waals surface area contributed by atoms with Crippen LogP contribution in [0.1, 0.15) is 63.0 Å². The molecule has 0 bridgehead atoms. The Morgan fingerprint density at radius 1 is 1.17 bits per heavy atom. The van der Waals surface area contributed by atoms with Gasteiger partial charge < -0.3 is 5.11 Å². The zero-order chi connectivity index (χ0) is 17.0. The first-order valence-corrected chi connectivity index (χ1v) is 8.12. The molecule has 1 aromatic heterocycles. The third-order valence-electron chi connectivity index (χ3n) is 3.94. The summed E-state index contributed by atoms with van der Waals surface area (Å²) in [6, 6.07) is 8.01. The molecule has 0 amide bonds. The lowest BCUT2D eigenvalue weighted by atomic mass is 9.86. The first kappa shape index (κ1) is 17.2. The Morgan fingerprint density at radius 3 is 2.35 bits per heavy atom. The van der Waals surface area contributed by atoms with E-state index in [4.69, 9.17) is 0 Å². The minimum absolute atomic E-state index is 0.0185. The van der Waals surface area contributed by atoms with E-state index in [0.29, 0.717) is 12.2 Å². The van der Waals surface area contributed by atoms with Gasteiger partial charge in [0.1, 0.15) is 5.69 Å². The lowest BCUT2D eigenvalue weighted by Crippen LogP contribution is -2.11. The zero-order valence-corrected chi connectivity index (χ0v) is 14.3. The predicted molar refractivity (Wildman–Crippen MR) is 90.6 cm³/mol. The van der Waals surface area contributed by atoms with Crippen molar-refractivity contribution in [3.8, 4) is 11.3 Å². The Labute approximate surface area is 137 Å². The highest BCUT2D eigenvalue weighted by Gasteiger charge is 2.21. The summed E-state index contributed by atoms with van der Waals surface area (Å²) in [5.74, 6) is -1.04. The molecule has 0 radical (unpaired) electrons. The average molecular weight is 315 g/mol. The maximum absolute atomic E-state index is 11.4. The summed E-state index contributed by atoms with van der Waals surface area (Å²) in [6.07, 6.45) is 3.16. The monoisotopic (exact) mass is 315 g/mol. The van der Waals surface area contributed by atoms with Gasteiger partial charge in [0.05, 0.1) is 0 Å². The summed E-state index contributed by atoms with van der Waals surface area (Å²) in [7, 11) is 0. The molecule has 0 saturated heterocycles. The first-order chi connectivity index (χ1) is 10.8. The highest BCUT2D eigenvalue weighted by molar-refractivity contribution is 5.92. The molecule has 2 rings (SSSR count). The van der Waals surface area contributed by atoms with Crippen molar-refractivity contribution in [1.29, 1.82) is 0 Å². The summed E-state index contributed by atoms with van der Waals surface area (Å²) in [5.41, 5.74) is 2.73. The molecular weight excluding hydrogens is 290 g/mol. The summed E-state index contributed by atoms with van der Waals surface area (Å²) < 4.78 is 1.71. The van der Waals surface area contributed by atoms with E-state index in [-0.39, 0.29) is 11.1 Å². The van der Waals surface area contributed by atoms with E-state index in [9.17, 15) is 9.90 Å². The third kappa shape index (κ3) is 3.97. The molecule has 0 spiro atoms. The van der Waals surface area contributed by atoms with Crippen LogP contribution in [-0.4, -0.2) is 26.1 Å². The first-order valence-electron chi connectivity index (χ1n) is 8.12. The number of hydrogen-bond donors (Lipinski definition) is 1. The normalized spacial score (nSPS) is 11.7. The fraction of sp³-hybridized carbons (Fsp3) is 0.500. The van der Waals surface area contributed by atoms with Gasteiger partial charge in [0, 0.05) is 12.1 Å². The smallest absolute Gasteiger partial charge is 0.358 e. The fourth-order valence-corrected chi connectivity index (χ4v) is 2.54. The molecule has 2 aromatic rings. The minimum atomic E-state index is -1.04. The predicted octanol–water partition coefficient (Wildman–Crippen LogP) is 4.13. The van der Waals surface area contributed by atoms with Crippen LogP contribution in [0.15, 0.2) is 24.3 Å². The molecule has 0 unspecified atom stereocenters. The van der Waals surface area contributed by atoms with E-state index < -0.39 is 5.97 Å². The molecule has 1 heterocycles. The molecule has 0 aliphatic carbocycles. The van der Waals surface area contributed by atoms with E-state index in [2.05, 4.69) is 38.0 Å². The second kappa shape index (κ2) is 6.94. The molecule has 0 saturated carbocycles. The van der Waals surface area contributed by atoms with Crippen molar-refractivity contribution in [2.45, 2.75) is 58.9 Å². The average Bonchev–Trinajstić information content (AvgIpc) is 2.91. The van der Waals surface area contributed by atoms with Crippen molar-refractivity contribution in [3.63, 3.8) is 0 Å². The maximum Gasteiger partial charge on any atom is 0.358 e. The molecule has 5 nitrogen and oxygen atoms in total. The van der Waals surface area contributed by atoms with Gasteiger partial charge in [0.15, 0.2) is 5.69 Å². The Kier molecular flexibility index (Phi) is 5.19. The Morgan fingerprint density at radius 2 is 1.83 bits per heavy atom. The lowest BCUT2D eigenvalue weighted by molar-refractivity contribution is 0.0691. The van der Waals surface area contributed by atoms with Crippen LogP contribution in [0.25, 0.3) is 11.3 Å². The Balaban J connectivity index is 2.39. The number of benzene rings is 1. The van der Waals surface area contributed by atoms with Crippen LogP contribution in [0.5, 0.6) is 0 Å². The summed E-state index contributed by atoms with van der Waals surface area (Å²) in [5, 5.41) is 17.3. The van der Waals surface area contributed by atoms with Gasteiger partial charge in [-0.15, -0.1) is 5.10 Å². The van der Waals surface area contributed by atoms with E-state index in [1.54, 1.807) is 4.68 Å². The molecule has 1 aromatic carbocycles. The number of aryl methyl sites for hydroxylation is 1. The second-order valence-electron chi connectivity index (χ2n) is 6.85. The summed E-state index contributed by atoms with van der Waals surface area (Å²) in [4.78, 5) is 11.4. The number of hydrogen-bond acceptors (Lipinski definition) is 3. The van der Waals surface area contributed by atoms with Crippen molar-refractivity contribution < 1.29 is 9.90 Å². The van der Waals surface area contributed by atoms with Crippen LogP contribution in [-0.2, 0) is 12.0 Å². The molecule has 0 aliphatic rings. The van der Waals surface area contributed by atoms with Gasteiger partial charge in [0.25, 0.3) is 0 Å². The van der Waals surface area contributed by atoms with Gasteiger partial charge in [0.2, 0.25) is 0 Å². The quantitative estimate of drug-likeness (QED) is 0.814. The largest absolute Gasteiger partial charge is 0.476 e. The van der Waals surface area contributed by atoms with Crippen LogP contribution >= 0.6 is 0 Å². The van der Waals surface area contributed by atoms with Crippen LogP contribution in [0.3, 0.4) is 0 Å². The molecular formula is C18H25N3O2. The van der Waals surface area contributed by atoms with Gasteiger partial charge in [-0.05, 0) is 17.4 Å². The number of carboxylic acids is 1. The van der Waals surface area contributed by atoms with Crippen molar-refractivity contribution in [1.82, 2.24) is 15.0 Å². The molecule has 0 fully saturated rings. The number of carbonyl (C=O) groups is 1. The van der Waals surface area contributed by atoms with Gasteiger partial charge in [-0.25, -0.2) is 9.48 Å². The molecule has 1 N–H and O–H groups in total. The highest BCUT2D eigenvalue weighted by Crippen LogP contribution is 2.27. The molecule has 23 heavy (non-hydrogen) atoms. The summed E-state index contributed by atoms with van der Waals surface area (Å²) >= 11 is 0. The number of unbranched alkanes of at least 4 members (excludes halogenated alkanes) is 2. The third-order valence-corrected chi connectivity index (χ3v) is 3.94. The zero-order valence-electron chi connectivity index (χ0n) is 14.3. The number of rotatable bonds is 6. The minimum Gasteiger partial charge on any atom is -0.476 e. The highest BCUT2D eigenvalue weighted by atomic mass is 16.4. The van der Waals surface area contributed by atoms with Crippen molar-refractivity contribution in [2.24, 2.45) is 0 Å².